The molecule has 1 aromatic carbocycles. The Morgan fingerprint density at radius 1 is 1.07 bits per heavy atom. The van der Waals surface area contributed by atoms with Crippen LogP contribution in [-0.4, -0.2) is 69.0 Å². The first kappa shape index (κ1) is 30.1. The van der Waals surface area contributed by atoms with Gasteiger partial charge >= 0.3 is 0 Å². The van der Waals surface area contributed by atoms with Crippen molar-refractivity contribution < 1.29 is 22.8 Å². The van der Waals surface area contributed by atoms with Gasteiger partial charge < -0.3 is 10.2 Å². The zero-order valence-electron chi connectivity index (χ0n) is 24.9. The van der Waals surface area contributed by atoms with E-state index in [2.05, 4.69) is 43.2 Å². The number of nitrogens with one attached hydrogen (secondary N) is 1. The van der Waals surface area contributed by atoms with Crippen molar-refractivity contribution in [2.75, 3.05) is 11.6 Å². The van der Waals surface area contributed by atoms with Crippen molar-refractivity contribution in [2.24, 2.45) is 5.41 Å². The number of benzene rings is 1. The van der Waals surface area contributed by atoms with Gasteiger partial charge in [-0.1, -0.05) is 13.0 Å². The molecule has 1 saturated carbocycles. The lowest BCUT2D eigenvalue weighted by atomic mass is 10.0. The van der Waals surface area contributed by atoms with E-state index < -0.39 is 15.9 Å². The third-order valence-corrected chi connectivity index (χ3v) is 10.2. The Balaban J connectivity index is 1.33. The van der Waals surface area contributed by atoms with Gasteiger partial charge in [-0.05, 0) is 89.0 Å². The molecule has 4 aromatic rings. The van der Waals surface area contributed by atoms with Gasteiger partial charge in [-0.3, -0.25) is 24.0 Å². The Kier molecular flexibility index (Phi) is 7.23. The molecule has 0 bridgehead atoms. The molecule has 2 amide bonds. The summed E-state index contributed by atoms with van der Waals surface area (Å²) in [6, 6.07) is 8.10. The number of nitrogens with zero attached hydrogens (tertiary/aromatic N) is 5. The first-order chi connectivity index (χ1) is 20.7. The Bertz CT molecular complexity index is 2010. The molecule has 2 fully saturated rings. The monoisotopic (exact) mass is 678 g/mol. The average molecular weight is 680 g/mol. The second kappa shape index (κ2) is 10.6. The first-order valence-corrected chi connectivity index (χ1v) is 16.8. The van der Waals surface area contributed by atoms with Crippen LogP contribution in [0.4, 0.5) is 5.82 Å². The van der Waals surface area contributed by atoms with Crippen LogP contribution in [0.15, 0.2) is 52.2 Å². The van der Waals surface area contributed by atoms with Gasteiger partial charge in [0.2, 0.25) is 11.8 Å². The van der Waals surface area contributed by atoms with Crippen LogP contribution in [0, 0.1) is 19.3 Å². The number of carbonyl (C=O) groups excluding carboxylic acids is 3. The van der Waals surface area contributed by atoms with Crippen LogP contribution in [0.1, 0.15) is 48.3 Å². The first-order valence-electron chi connectivity index (χ1n) is 14.1. The highest BCUT2D eigenvalue weighted by molar-refractivity contribution is 9.10. The van der Waals surface area contributed by atoms with E-state index in [1.165, 1.54) is 17.8 Å². The maximum Gasteiger partial charge on any atom is 0.248 e. The zero-order valence-corrected chi connectivity index (χ0v) is 27.3. The van der Waals surface area contributed by atoms with Gasteiger partial charge in [0.25, 0.3) is 0 Å². The lowest BCUT2D eigenvalue weighted by Gasteiger charge is -2.27. The van der Waals surface area contributed by atoms with E-state index in [4.69, 9.17) is 0 Å². The molecule has 1 aliphatic heterocycles. The minimum Gasteiger partial charge on any atom is -0.325 e. The molecule has 0 spiro atoms. The van der Waals surface area contributed by atoms with Crippen molar-refractivity contribution in [3.8, 4) is 11.1 Å². The van der Waals surface area contributed by atoms with E-state index in [1.54, 1.807) is 29.3 Å². The van der Waals surface area contributed by atoms with E-state index in [0.717, 1.165) is 23.8 Å². The quantitative estimate of drug-likeness (QED) is 0.222. The van der Waals surface area contributed by atoms with Crippen LogP contribution in [0.3, 0.4) is 0 Å². The normalized spacial score (nSPS) is 20.9. The number of rotatable bonds is 7. The van der Waals surface area contributed by atoms with Crippen LogP contribution in [0.5, 0.6) is 0 Å². The predicted octanol–water partition coefficient (Wildman–Crippen LogP) is 4.50. The lowest BCUT2D eigenvalue weighted by Crippen LogP contribution is -2.47. The summed E-state index contributed by atoms with van der Waals surface area (Å²) in [6.45, 7) is 7.05. The molecule has 1 aliphatic carbocycles. The molecule has 0 unspecified atom stereocenters. The predicted molar refractivity (Wildman–Crippen MR) is 168 cm³/mol. The summed E-state index contributed by atoms with van der Waals surface area (Å²) < 4.78 is 26.4. The fourth-order valence-corrected chi connectivity index (χ4v) is 7.15. The van der Waals surface area contributed by atoms with E-state index in [1.807, 2.05) is 26.0 Å². The fraction of sp³-hybridized carbons (Fsp3) is 0.355. The molecule has 2 aliphatic rings. The molecule has 13 heteroatoms. The number of sulfone groups is 1. The van der Waals surface area contributed by atoms with Crippen LogP contribution >= 0.6 is 15.9 Å². The minimum atomic E-state index is -3.47. The number of aromatic nitrogens is 4. The molecule has 1 saturated heterocycles. The summed E-state index contributed by atoms with van der Waals surface area (Å²) in [5, 5.41) is 8.02. The number of carbonyl (C=O) groups is 3. The third kappa shape index (κ3) is 5.32. The Morgan fingerprint density at radius 3 is 2.52 bits per heavy atom. The maximum atomic E-state index is 13.9. The number of pyridine rings is 2. The van der Waals surface area contributed by atoms with Crippen molar-refractivity contribution in [2.45, 2.75) is 64.1 Å². The molecular weight excluding hydrogens is 648 g/mol. The molecule has 11 nitrogen and oxygen atoms in total. The van der Waals surface area contributed by atoms with Gasteiger partial charge in [-0.2, -0.15) is 5.10 Å². The van der Waals surface area contributed by atoms with Crippen LogP contribution in [-0.2, 0) is 26.0 Å². The van der Waals surface area contributed by atoms with Crippen LogP contribution in [0.2, 0.25) is 0 Å². The van der Waals surface area contributed by atoms with E-state index in [9.17, 15) is 22.8 Å². The van der Waals surface area contributed by atoms with Crippen LogP contribution in [0.25, 0.3) is 22.0 Å². The Morgan fingerprint density at radius 2 is 1.82 bits per heavy atom. The summed E-state index contributed by atoms with van der Waals surface area (Å²) >= 11 is 3.35. The third-order valence-electron chi connectivity index (χ3n) is 8.66. The number of hydrogen-bond acceptors (Lipinski definition) is 8. The van der Waals surface area contributed by atoms with Gasteiger partial charge in [-0.15, -0.1) is 0 Å². The molecule has 0 radical (unpaired) electrons. The maximum absolute atomic E-state index is 13.9. The van der Waals surface area contributed by atoms with Gasteiger partial charge in [0.1, 0.15) is 28.7 Å². The van der Waals surface area contributed by atoms with Gasteiger partial charge in [-0.25, -0.2) is 13.4 Å². The number of hydrogen-bond donors (Lipinski definition) is 1. The topological polar surface area (TPSA) is 144 Å². The Labute approximate surface area is 263 Å². The second-order valence-electron chi connectivity index (χ2n) is 12.1. The number of fused-ring (bicyclic) bond motifs is 2. The zero-order chi connectivity index (χ0) is 31.7. The smallest absolute Gasteiger partial charge is 0.248 e. The number of Topliss-reactive ketones (excluding diaryl/α,β-unsaturated/α-hetero) is 1. The number of aryl methyl sites for hydroxylation is 2. The number of halogens is 1. The molecule has 3 atom stereocenters. The highest BCUT2D eigenvalue weighted by atomic mass is 79.9. The average Bonchev–Trinajstić information content (AvgIpc) is 3.30. The van der Waals surface area contributed by atoms with Crippen molar-refractivity contribution in [3.63, 3.8) is 0 Å². The molecule has 3 aromatic heterocycles. The fourth-order valence-electron chi connectivity index (χ4n) is 6.25. The van der Waals surface area contributed by atoms with E-state index in [-0.39, 0.29) is 46.2 Å². The minimum absolute atomic E-state index is 0.0567. The molecule has 1 N–H and O–H groups in total. The summed E-state index contributed by atoms with van der Waals surface area (Å²) in [5.41, 5.74) is 3.49. The number of anilines is 1. The van der Waals surface area contributed by atoms with Crippen molar-refractivity contribution in [1.29, 1.82) is 0 Å². The molecular formula is C31H31BrN6O5S. The van der Waals surface area contributed by atoms with Gasteiger partial charge in [0.05, 0.1) is 10.4 Å². The largest absolute Gasteiger partial charge is 0.325 e. The number of ketones is 1. The van der Waals surface area contributed by atoms with E-state index in [0.29, 0.717) is 38.9 Å². The van der Waals surface area contributed by atoms with Crippen molar-refractivity contribution in [1.82, 2.24) is 24.6 Å². The molecule has 4 heterocycles. The highest BCUT2D eigenvalue weighted by Crippen LogP contribution is 2.59. The Hall–Kier alpha value is -3.97. The summed E-state index contributed by atoms with van der Waals surface area (Å²) in [6.07, 6.45) is 5.34. The second-order valence-corrected chi connectivity index (χ2v) is 14.9. The van der Waals surface area contributed by atoms with Crippen molar-refractivity contribution in [3.05, 3.63) is 64.1 Å². The van der Waals surface area contributed by atoms with E-state index >= 15 is 0 Å². The van der Waals surface area contributed by atoms with Crippen LogP contribution < -0.4 is 5.32 Å². The number of amides is 2. The van der Waals surface area contributed by atoms with Crippen molar-refractivity contribution >= 4 is 60.1 Å². The highest BCUT2D eigenvalue weighted by Gasteiger charge is 2.64. The SMILES string of the molecule is CC(=O)c1nn(CC(=O)N2[C@H](C(=O)Nc3nc(Br)ccc3C)C[C@@]3(C)C[C@@H]23)c2c(C)cc(-c3cncc(S(C)(=O)=O)c3)cc12. The van der Waals surface area contributed by atoms with Gasteiger partial charge in [0.15, 0.2) is 15.6 Å². The number of piperidine rings is 1. The summed E-state index contributed by atoms with van der Waals surface area (Å²) in [7, 11) is -3.47. The molecule has 228 valence electrons. The summed E-state index contributed by atoms with van der Waals surface area (Å²) in [4.78, 5) is 50.4. The number of likely N-dealkylation sites (tertiary alicyclic amines) is 1. The molecule has 44 heavy (non-hydrogen) atoms. The summed E-state index contributed by atoms with van der Waals surface area (Å²) in [5.74, 6) is -0.384. The standard InChI is InChI=1S/C31H31BrN6O5S/c1-16-6-7-25(32)34-29(16)35-30(41)23-11-31(4)12-24(31)38(23)26(40)15-37-28-17(2)8-19(10-22(28)27(36-37)18(3)39)20-9-21(14-33-13-20)44(5,42)43/h6-10,13-14,23-24H,11-12,15H2,1-5H3,(H,34,35,41)/t23-,24+,31-/m0/s1. The lowest BCUT2D eigenvalue weighted by molar-refractivity contribution is -0.138. The van der Waals surface area contributed by atoms with Gasteiger partial charge in [0, 0.05) is 42.6 Å². The molecule has 6 rings (SSSR count).